The lowest BCUT2D eigenvalue weighted by Gasteiger charge is -2.37. The summed E-state index contributed by atoms with van der Waals surface area (Å²) in [6.45, 7) is 9.76. The second-order valence-corrected chi connectivity index (χ2v) is 6.52. The Morgan fingerprint density at radius 1 is 1.27 bits per heavy atom. The highest BCUT2D eigenvalue weighted by atomic mass is 15.4. The van der Waals surface area contributed by atoms with Crippen molar-refractivity contribution >= 4 is 11.8 Å². The molecule has 0 aliphatic carbocycles. The molecule has 7 heteroatoms. The zero-order valence-corrected chi connectivity index (χ0v) is 15.8. The minimum absolute atomic E-state index is 0.827. The molecule has 0 aromatic carbocycles. The first kappa shape index (κ1) is 18.2. The molecular formula is C19H29N7. The number of hydrogen-bond donors (Lipinski definition) is 2. The Kier molecular flexibility index (Phi) is 6.46. The van der Waals surface area contributed by atoms with Gasteiger partial charge in [0.05, 0.1) is 6.20 Å². The number of aromatic amines is 1. The van der Waals surface area contributed by atoms with Crippen LogP contribution in [0.25, 0.3) is 0 Å². The van der Waals surface area contributed by atoms with Gasteiger partial charge in [-0.2, -0.15) is 5.10 Å². The van der Waals surface area contributed by atoms with Gasteiger partial charge in [-0.15, -0.1) is 0 Å². The molecular weight excluding hydrogens is 326 g/mol. The molecule has 0 saturated carbocycles. The number of hydrogen-bond acceptors (Lipinski definition) is 4. The molecule has 0 radical (unpaired) electrons. The van der Waals surface area contributed by atoms with E-state index in [0.29, 0.717) is 0 Å². The number of anilines is 1. The molecule has 2 aromatic heterocycles. The summed E-state index contributed by atoms with van der Waals surface area (Å²) in [6.07, 6.45) is 5.82. The normalized spacial score (nSPS) is 15.4. The van der Waals surface area contributed by atoms with Crippen molar-refractivity contribution in [3.8, 4) is 0 Å². The summed E-state index contributed by atoms with van der Waals surface area (Å²) in [5, 5.41) is 10.5. The largest absolute Gasteiger partial charge is 0.357 e. The lowest BCUT2D eigenvalue weighted by Crippen LogP contribution is -2.52. The lowest BCUT2D eigenvalue weighted by atomic mass is 10.1. The van der Waals surface area contributed by atoms with Crippen molar-refractivity contribution in [1.82, 2.24) is 25.4 Å². The zero-order chi connectivity index (χ0) is 18.2. The number of rotatable bonds is 6. The molecule has 3 rings (SSSR count). The van der Waals surface area contributed by atoms with Crippen LogP contribution in [0.5, 0.6) is 0 Å². The van der Waals surface area contributed by atoms with Crippen LogP contribution in [0.3, 0.4) is 0 Å². The van der Waals surface area contributed by atoms with Gasteiger partial charge in [0, 0.05) is 51.2 Å². The number of aliphatic imine (C=N–C) groups is 1. The third-order valence-electron chi connectivity index (χ3n) is 4.69. The van der Waals surface area contributed by atoms with E-state index in [9.17, 15) is 0 Å². The molecule has 140 valence electrons. The van der Waals surface area contributed by atoms with E-state index in [1.165, 1.54) is 5.56 Å². The van der Waals surface area contributed by atoms with Gasteiger partial charge in [-0.1, -0.05) is 6.07 Å². The SMILES string of the molecule is CCNC(=NCCCc1cn[nH]c1C)N1CCN(c2ccccn2)CC1. The van der Waals surface area contributed by atoms with Crippen LogP contribution in [-0.2, 0) is 6.42 Å². The van der Waals surface area contributed by atoms with Gasteiger partial charge in [-0.05, 0) is 44.4 Å². The van der Waals surface area contributed by atoms with Crippen molar-refractivity contribution in [3.63, 3.8) is 0 Å². The van der Waals surface area contributed by atoms with Crippen LogP contribution in [0.4, 0.5) is 5.82 Å². The van der Waals surface area contributed by atoms with Crippen LogP contribution in [-0.4, -0.2) is 65.3 Å². The molecule has 1 aliphatic rings. The van der Waals surface area contributed by atoms with Crippen molar-refractivity contribution in [2.75, 3.05) is 44.2 Å². The summed E-state index contributed by atoms with van der Waals surface area (Å²) in [6, 6.07) is 6.08. The fourth-order valence-electron chi connectivity index (χ4n) is 3.20. The van der Waals surface area contributed by atoms with Crippen LogP contribution in [0.1, 0.15) is 24.6 Å². The number of nitrogens with one attached hydrogen (secondary N) is 2. The van der Waals surface area contributed by atoms with E-state index < -0.39 is 0 Å². The molecule has 0 atom stereocenters. The zero-order valence-electron chi connectivity index (χ0n) is 15.8. The van der Waals surface area contributed by atoms with Crippen molar-refractivity contribution in [2.24, 2.45) is 4.99 Å². The summed E-state index contributed by atoms with van der Waals surface area (Å²) in [5.74, 6) is 2.08. The minimum Gasteiger partial charge on any atom is -0.357 e. The van der Waals surface area contributed by atoms with Crippen molar-refractivity contribution in [3.05, 3.63) is 41.9 Å². The van der Waals surface area contributed by atoms with Crippen LogP contribution in [0, 0.1) is 6.92 Å². The number of piperazine rings is 1. The molecule has 0 spiro atoms. The average Bonchev–Trinajstić information content (AvgIpc) is 3.10. The number of aryl methyl sites for hydroxylation is 2. The molecule has 2 N–H and O–H groups in total. The molecule has 7 nitrogen and oxygen atoms in total. The van der Waals surface area contributed by atoms with Gasteiger partial charge in [0.1, 0.15) is 5.82 Å². The second-order valence-electron chi connectivity index (χ2n) is 6.52. The highest BCUT2D eigenvalue weighted by molar-refractivity contribution is 5.80. The Hall–Kier alpha value is -2.57. The monoisotopic (exact) mass is 355 g/mol. The summed E-state index contributed by atoms with van der Waals surface area (Å²) < 4.78 is 0. The molecule has 0 bridgehead atoms. The Labute approximate surface area is 155 Å². The Morgan fingerprint density at radius 3 is 2.77 bits per heavy atom. The number of aromatic nitrogens is 3. The molecule has 0 unspecified atom stereocenters. The second kappa shape index (κ2) is 9.22. The first-order chi connectivity index (χ1) is 12.8. The third kappa shape index (κ3) is 4.74. The maximum atomic E-state index is 4.83. The summed E-state index contributed by atoms with van der Waals surface area (Å²) in [5.41, 5.74) is 2.45. The van der Waals surface area contributed by atoms with Gasteiger partial charge < -0.3 is 15.1 Å². The topological polar surface area (TPSA) is 72.4 Å². The van der Waals surface area contributed by atoms with Gasteiger partial charge in [0.25, 0.3) is 0 Å². The Bertz CT molecular complexity index is 687. The van der Waals surface area contributed by atoms with Crippen molar-refractivity contribution < 1.29 is 0 Å². The van der Waals surface area contributed by atoms with E-state index in [4.69, 9.17) is 4.99 Å². The minimum atomic E-state index is 0.827. The summed E-state index contributed by atoms with van der Waals surface area (Å²) in [4.78, 5) is 14.0. The fourth-order valence-corrected chi connectivity index (χ4v) is 3.20. The smallest absolute Gasteiger partial charge is 0.194 e. The number of guanidine groups is 1. The fraction of sp³-hybridized carbons (Fsp3) is 0.526. The molecule has 1 saturated heterocycles. The van der Waals surface area contributed by atoms with Gasteiger partial charge in [0.2, 0.25) is 0 Å². The van der Waals surface area contributed by atoms with E-state index in [2.05, 4.69) is 50.2 Å². The van der Waals surface area contributed by atoms with Crippen LogP contribution in [0.2, 0.25) is 0 Å². The van der Waals surface area contributed by atoms with Gasteiger partial charge in [-0.25, -0.2) is 4.98 Å². The molecule has 1 aliphatic heterocycles. The van der Waals surface area contributed by atoms with Crippen LogP contribution >= 0.6 is 0 Å². The number of nitrogens with zero attached hydrogens (tertiary/aromatic N) is 5. The predicted molar refractivity (Wildman–Crippen MR) is 106 cm³/mol. The first-order valence-electron chi connectivity index (χ1n) is 9.46. The molecule has 26 heavy (non-hydrogen) atoms. The third-order valence-corrected chi connectivity index (χ3v) is 4.69. The standard InChI is InChI=1S/C19H29N7/c1-3-20-19(22-10-6-7-17-15-23-24-16(17)2)26-13-11-25(12-14-26)18-8-4-5-9-21-18/h4-5,8-9,15H,3,6-7,10-14H2,1-2H3,(H,20,22)(H,23,24). The van der Waals surface area contributed by atoms with Crippen molar-refractivity contribution in [2.45, 2.75) is 26.7 Å². The highest BCUT2D eigenvalue weighted by Gasteiger charge is 2.20. The van der Waals surface area contributed by atoms with Crippen molar-refractivity contribution in [1.29, 1.82) is 0 Å². The number of H-pyrrole nitrogens is 1. The average molecular weight is 355 g/mol. The van der Waals surface area contributed by atoms with E-state index >= 15 is 0 Å². The Balaban J connectivity index is 1.50. The lowest BCUT2D eigenvalue weighted by molar-refractivity contribution is 0.371. The van der Waals surface area contributed by atoms with E-state index in [1.807, 2.05) is 24.5 Å². The maximum absolute atomic E-state index is 4.83. The molecule has 0 amide bonds. The highest BCUT2D eigenvalue weighted by Crippen LogP contribution is 2.12. The van der Waals surface area contributed by atoms with E-state index in [1.54, 1.807) is 0 Å². The maximum Gasteiger partial charge on any atom is 0.194 e. The van der Waals surface area contributed by atoms with Gasteiger partial charge in [0.15, 0.2) is 5.96 Å². The summed E-state index contributed by atoms with van der Waals surface area (Å²) >= 11 is 0. The van der Waals surface area contributed by atoms with Crippen LogP contribution in [0.15, 0.2) is 35.6 Å². The predicted octanol–water partition coefficient (Wildman–Crippen LogP) is 1.83. The van der Waals surface area contributed by atoms with Gasteiger partial charge in [-0.3, -0.25) is 10.1 Å². The van der Waals surface area contributed by atoms with Crippen LogP contribution < -0.4 is 10.2 Å². The van der Waals surface area contributed by atoms with Gasteiger partial charge >= 0.3 is 0 Å². The number of pyridine rings is 1. The first-order valence-corrected chi connectivity index (χ1v) is 9.46. The Morgan fingerprint density at radius 2 is 2.12 bits per heavy atom. The molecule has 1 fully saturated rings. The summed E-state index contributed by atoms with van der Waals surface area (Å²) in [7, 11) is 0. The molecule has 3 heterocycles. The van der Waals surface area contributed by atoms with E-state index in [0.717, 1.165) is 69.6 Å². The van der Waals surface area contributed by atoms with E-state index in [-0.39, 0.29) is 0 Å². The quantitative estimate of drug-likeness (QED) is 0.470. The molecule has 2 aromatic rings.